The van der Waals surface area contributed by atoms with Gasteiger partial charge in [0, 0.05) is 24.5 Å². The lowest BCUT2D eigenvalue weighted by atomic mass is 10.2. The summed E-state index contributed by atoms with van der Waals surface area (Å²) in [4.78, 5) is 8.58. The summed E-state index contributed by atoms with van der Waals surface area (Å²) in [7, 11) is -6.99. The van der Waals surface area contributed by atoms with Crippen LogP contribution in [-0.4, -0.2) is 44.4 Å². The fraction of sp³-hybridized carbons (Fsp3) is 0.238. The molecule has 1 aliphatic rings. The molecular formula is C21H22FN5O4S2. The molecule has 0 radical (unpaired) electrons. The first kappa shape index (κ1) is 23.1. The molecule has 12 heteroatoms. The van der Waals surface area contributed by atoms with Gasteiger partial charge in [0.15, 0.2) is 9.84 Å². The highest BCUT2D eigenvalue weighted by Crippen LogP contribution is 2.18. The van der Waals surface area contributed by atoms with E-state index in [1.165, 1.54) is 24.3 Å². The third-order valence-corrected chi connectivity index (χ3v) is 8.32. The van der Waals surface area contributed by atoms with E-state index in [1.807, 2.05) is 0 Å². The minimum absolute atomic E-state index is 0.00646. The molecule has 0 saturated carbocycles. The van der Waals surface area contributed by atoms with Gasteiger partial charge in [-0.25, -0.2) is 30.9 Å². The lowest BCUT2D eigenvalue weighted by molar-refractivity contribution is 0.562. The minimum atomic E-state index is -3.81. The molecule has 3 N–H and O–H groups in total. The third-order valence-electron chi connectivity index (χ3n) is 5.01. The van der Waals surface area contributed by atoms with Crippen LogP contribution in [-0.2, 0) is 26.4 Å². The minimum Gasteiger partial charge on any atom is -0.350 e. The molecule has 1 fully saturated rings. The Balaban J connectivity index is 1.35. The Hall–Kier alpha value is -3.09. The molecule has 1 aromatic heterocycles. The Morgan fingerprint density at radius 2 is 1.76 bits per heavy atom. The number of nitrogens with zero attached hydrogens (tertiary/aromatic N) is 2. The summed E-state index contributed by atoms with van der Waals surface area (Å²) in [5.74, 6) is 0.381. The van der Waals surface area contributed by atoms with E-state index in [1.54, 1.807) is 36.5 Å². The zero-order valence-electron chi connectivity index (χ0n) is 17.4. The summed E-state index contributed by atoms with van der Waals surface area (Å²) in [5.41, 5.74) is 1.49. The molecule has 0 spiro atoms. The molecule has 1 saturated heterocycles. The van der Waals surface area contributed by atoms with Gasteiger partial charge in [-0.3, -0.25) is 0 Å². The van der Waals surface area contributed by atoms with E-state index in [4.69, 9.17) is 0 Å². The van der Waals surface area contributed by atoms with Gasteiger partial charge in [0.25, 0.3) is 0 Å². The van der Waals surface area contributed by atoms with Crippen molar-refractivity contribution in [1.82, 2.24) is 14.7 Å². The summed E-state index contributed by atoms with van der Waals surface area (Å²) in [6.45, 7) is 0.356. The van der Waals surface area contributed by atoms with Crippen molar-refractivity contribution in [1.29, 1.82) is 0 Å². The quantitative estimate of drug-likeness (QED) is 0.438. The van der Waals surface area contributed by atoms with Gasteiger partial charge in [-0.15, -0.1) is 0 Å². The van der Waals surface area contributed by atoms with Crippen molar-refractivity contribution in [3.05, 3.63) is 72.2 Å². The average Bonchev–Trinajstić information content (AvgIpc) is 3.12. The van der Waals surface area contributed by atoms with E-state index >= 15 is 0 Å². The predicted molar refractivity (Wildman–Crippen MR) is 123 cm³/mol. The fourth-order valence-corrected chi connectivity index (χ4v) is 6.39. The second-order valence-electron chi connectivity index (χ2n) is 7.62. The Morgan fingerprint density at radius 3 is 2.42 bits per heavy atom. The van der Waals surface area contributed by atoms with E-state index in [0.29, 0.717) is 24.0 Å². The number of hydrogen-bond donors (Lipinski definition) is 3. The number of rotatable bonds is 8. The van der Waals surface area contributed by atoms with Crippen molar-refractivity contribution in [3.63, 3.8) is 0 Å². The smallest absolute Gasteiger partial charge is 0.240 e. The summed E-state index contributed by atoms with van der Waals surface area (Å²) in [5, 5.41) is 6.13. The van der Waals surface area contributed by atoms with Gasteiger partial charge in [0.1, 0.15) is 11.6 Å². The van der Waals surface area contributed by atoms with Crippen LogP contribution in [0.2, 0.25) is 0 Å². The van der Waals surface area contributed by atoms with Gasteiger partial charge in [-0.1, -0.05) is 12.1 Å². The first-order valence-electron chi connectivity index (χ1n) is 10.1. The van der Waals surface area contributed by atoms with Gasteiger partial charge in [0.2, 0.25) is 16.0 Å². The first-order chi connectivity index (χ1) is 15.7. The SMILES string of the molecule is O=S1(=O)CCC(NS(=O)(=O)c2ccc(CNc3nccc(Nc4ccc(F)cc4)n3)cc2)C1. The van der Waals surface area contributed by atoms with Crippen LogP contribution in [0.4, 0.5) is 21.8 Å². The van der Waals surface area contributed by atoms with E-state index in [-0.39, 0.29) is 28.6 Å². The molecule has 2 heterocycles. The summed E-state index contributed by atoms with van der Waals surface area (Å²) >= 11 is 0. The molecule has 0 aliphatic carbocycles. The molecule has 1 aliphatic heterocycles. The fourth-order valence-electron chi connectivity index (χ4n) is 3.34. The number of anilines is 3. The Bertz CT molecular complexity index is 1330. The summed E-state index contributed by atoms with van der Waals surface area (Å²) in [6, 6.07) is 13.2. The average molecular weight is 492 g/mol. The van der Waals surface area contributed by atoms with Crippen LogP contribution in [0.5, 0.6) is 0 Å². The second kappa shape index (κ2) is 9.41. The van der Waals surface area contributed by atoms with Gasteiger partial charge < -0.3 is 10.6 Å². The topological polar surface area (TPSA) is 130 Å². The molecule has 1 atom stereocenters. The highest BCUT2D eigenvalue weighted by molar-refractivity contribution is 7.92. The van der Waals surface area contributed by atoms with Crippen molar-refractivity contribution in [2.75, 3.05) is 22.1 Å². The van der Waals surface area contributed by atoms with Crippen LogP contribution >= 0.6 is 0 Å². The lowest BCUT2D eigenvalue weighted by Crippen LogP contribution is -2.35. The lowest BCUT2D eigenvalue weighted by Gasteiger charge is -2.12. The van der Waals surface area contributed by atoms with Gasteiger partial charge in [-0.2, -0.15) is 4.98 Å². The van der Waals surface area contributed by atoms with Gasteiger partial charge in [0.05, 0.1) is 16.4 Å². The predicted octanol–water partition coefficient (Wildman–Crippen LogP) is 2.44. The highest BCUT2D eigenvalue weighted by Gasteiger charge is 2.31. The summed E-state index contributed by atoms with van der Waals surface area (Å²) in [6.07, 6.45) is 1.85. The molecule has 174 valence electrons. The number of nitrogens with one attached hydrogen (secondary N) is 3. The molecule has 1 unspecified atom stereocenters. The van der Waals surface area contributed by atoms with Crippen LogP contribution in [0.15, 0.2) is 65.7 Å². The van der Waals surface area contributed by atoms with Crippen molar-refractivity contribution >= 4 is 37.3 Å². The standard InChI is InChI=1S/C21H22FN5O4S2/c22-16-3-5-17(6-4-16)25-20-9-11-23-21(26-20)24-13-15-1-7-19(8-2-15)33(30,31)27-18-10-12-32(28,29)14-18/h1-9,11,18,27H,10,12-14H2,(H2,23,24,25,26). The van der Waals surface area contributed by atoms with E-state index < -0.39 is 25.9 Å². The first-order valence-corrected chi connectivity index (χ1v) is 13.4. The van der Waals surface area contributed by atoms with E-state index in [2.05, 4.69) is 25.3 Å². The van der Waals surface area contributed by atoms with Gasteiger partial charge >= 0.3 is 0 Å². The molecule has 33 heavy (non-hydrogen) atoms. The van der Waals surface area contributed by atoms with Crippen molar-refractivity contribution < 1.29 is 21.2 Å². The van der Waals surface area contributed by atoms with Gasteiger partial charge in [-0.05, 0) is 54.4 Å². The number of hydrogen-bond acceptors (Lipinski definition) is 8. The number of benzene rings is 2. The van der Waals surface area contributed by atoms with Crippen molar-refractivity contribution in [2.24, 2.45) is 0 Å². The maximum absolute atomic E-state index is 13.0. The Labute approximate surface area is 191 Å². The highest BCUT2D eigenvalue weighted by atomic mass is 32.2. The summed E-state index contributed by atoms with van der Waals surface area (Å²) < 4.78 is 63.7. The molecule has 0 amide bonds. The number of aromatic nitrogens is 2. The molecule has 2 aromatic carbocycles. The van der Waals surface area contributed by atoms with E-state index in [9.17, 15) is 21.2 Å². The molecular weight excluding hydrogens is 469 g/mol. The van der Waals surface area contributed by atoms with Crippen LogP contribution in [0, 0.1) is 5.82 Å². The molecule has 9 nitrogen and oxygen atoms in total. The Morgan fingerprint density at radius 1 is 1.03 bits per heavy atom. The maximum Gasteiger partial charge on any atom is 0.240 e. The number of halogens is 1. The van der Waals surface area contributed by atoms with Crippen LogP contribution in [0.25, 0.3) is 0 Å². The largest absolute Gasteiger partial charge is 0.350 e. The zero-order chi connectivity index (χ0) is 23.5. The zero-order valence-corrected chi connectivity index (χ0v) is 19.0. The number of sulfonamides is 1. The number of sulfone groups is 1. The Kier molecular flexibility index (Phi) is 6.58. The molecule has 0 bridgehead atoms. The van der Waals surface area contributed by atoms with Crippen molar-refractivity contribution in [3.8, 4) is 0 Å². The third kappa shape index (κ3) is 6.24. The van der Waals surface area contributed by atoms with Crippen LogP contribution < -0.4 is 15.4 Å². The normalized spacial score (nSPS) is 17.5. The molecule has 3 aromatic rings. The van der Waals surface area contributed by atoms with Crippen molar-refractivity contribution in [2.45, 2.75) is 23.9 Å². The van der Waals surface area contributed by atoms with Crippen LogP contribution in [0.1, 0.15) is 12.0 Å². The second-order valence-corrected chi connectivity index (χ2v) is 11.6. The maximum atomic E-state index is 13.0. The van der Waals surface area contributed by atoms with E-state index in [0.717, 1.165) is 5.56 Å². The monoisotopic (exact) mass is 491 g/mol. The molecule has 4 rings (SSSR count). The van der Waals surface area contributed by atoms with Crippen LogP contribution in [0.3, 0.4) is 0 Å².